The minimum atomic E-state index is -0.769. The van der Waals surface area contributed by atoms with Crippen molar-refractivity contribution in [1.29, 1.82) is 0 Å². The second-order valence-corrected chi connectivity index (χ2v) is 9.96. The average Bonchev–Trinajstić information content (AvgIpc) is 3.17. The van der Waals surface area contributed by atoms with Gasteiger partial charge in [0, 0.05) is 16.0 Å². The number of amides is 3. The minimum Gasteiger partial charge on any atom is -0.497 e. The van der Waals surface area contributed by atoms with Crippen LogP contribution in [0.4, 0.5) is 5.69 Å². The first-order valence-electron chi connectivity index (χ1n) is 10.1. The SMILES string of the molecule is COc1ccc(NC(=O)[C@H](C)NC(=O)[C@H]2N3C(=O)c4ccccc4[C@H]3SC2(C)C)cc1. The molecule has 0 radical (unpaired) electrons. The van der Waals surface area contributed by atoms with Crippen LogP contribution in [0.3, 0.4) is 0 Å². The van der Waals surface area contributed by atoms with Crippen LogP contribution in [0.25, 0.3) is 0 Å². The fourth-order valence-corrected chi connectivity index (χ4v) is 5.68. The molecule has 0 unspecified atom stereocenters. The number of fused-ring (bicyclic) bond motifs is 3. The van der Waals surface area contributed by atoms with Crippen molar-refractivity contribution in [1.82, 2.24) is 10.2 Å². The quantitative estimate of drug-likeness (QED) is 0.747. The molecule has 2 aromatic carbocycles. The van der Waals surface area contributed by atoms with Crippen molar-refractivity contribution in [2.75, 3.05) is 12.4 Å². The summed E-state index contributed by atoms with van der Waals surface area (Å²) in [6, 6.07) is 13.0. The van der Waals surface area contributed by atoms with Gasteiger partial charge >= 0.3 is 0 Å². The summed E-state index contributed by atoms with van der Waals surface area (Å²) in [6.07, 6.45) is 0. The van der Waals surface area contributed by atoms with Crippen LogP contribution in [0, 0.1) is 0 Å². The highest BCUT2D eigenvalue weighted by atomic mass is 32.2. The third-order valence-corrected chi connectivity index (χ3v) is 7.19. The molecule has 3 amide bonds. The first-order chi connectivity index (χ1) is 14.7. The van der Waals surface area contributed by atoms with Gasteiger partial charge in [-0.15, -0.1) is 11.8 Å². The Hall–Kier alpha value is -3.00. The summed E-state index contributed by atoms with van der Waals surface area (Å²) in [6.45, 7) is 5.54. The lowest BCUT2D eigenvalue weighted by Gasteiger charge is -2.30. The normalized spacial score (nSPS) is 21.8. The number of nitrogens with one attached hydrogen (secondary N) is 2. The number of rotatable bonds is 5. The summed E-state index contributed by atoms with van der Waals surface area (Å²) in [7, 11) is 1.57. The van der Waals surface area contributed by atoms with Crippen molar-refractivity contribution in [2.24, 2.45) is 0 Å². The van der Waals surface area contributed by atoms with E-state index in [-0.39, 0.29) is 23.1 Å². The number of carbonyl (C=O) groups is 3. The lowest BCUT2D eigenvalue weighted by molar-refractivity contribution is -0.129. The molecule has 1 fully saturated rings. The van der Waals surface area contributed by atoms with E-state index in [1.54, 1.807) is 61.0 Å². The summed E-state index contributed by atoms with van der Waals surface area (Å²) in [5, 5.41) is 5.38. The van der Waals surface area contributed by atoms with Crippen LogP contribution in [-0.4, -0.2) is 46.6 Å². The fourth-order valence-electron chi connectivity index (χ4n) is 4.09. The number of thioether (sulfide) groups is 1. The molecule has 2 N–H and O–H groups in total. The first-order valence-corrected chi connectivity index (χ1v) is 11.0. The van der Waals surface area contributed by atoms with E-state index in [0.29, 0.717) is 17.0 Å². The predicted octanol–water partition coefficient (Wildman–Crippen LogP) is 3.19. The number of hydrogen-bond acceptors (Lipinski definition) is 5. The summed E-state index contributed by atoms with van der Waals surface area (Å²) >= 11 is 1.59. The van der Waals surface area contributed by atoms with Crippen molar-refractivity contribution in [2.45, 2.75) is 43.0 Å². The van der Waals surface area contributed by atoms with Gasteiger partial charge in [0.05, 0.1) is 7.11 Å². The summed E-state index contributed by atoms with van der Waals surface area (Å²) in [5.74, 6) is -0.131. The largest absolute Gasteiger partial charge is 0.497 e. The number of benzene rings is 2. The van der Waals surface area contributed by atoms with E-state index in [9.17, 15) is 14.4 Å². The highest BCUT2D eigenvalue weighted by molar-refractivity contribution is 8.01. The van der Waals surface area contributed by atoms with Crippen LogP contribution in [-0.2, 0) is 9.59 Å². The molecular formula is C23H25N3O4S. The number of hydrogen-bond donors (Lipinski definition) is 2. The van der Waals surface area contributed by atoms with Crippen LogP contribution in [0.15, 0.2) is 48.5 Å². The number of nitrogens with zero attached hydrogens (tertiary/aromatic N) is 1. The first kappa shape index (κ1) is 21.2. The van der Waals surface area contributed by atoms with Crippen LogP contribution in [0.5, 0.6) is 5.75 Å². The number of carbonyl (C=O) groups excluding carboxylic acids is 3. The summed E-state index contributed by atoms with van der Waals surface area (Å²) in [4.78, 5) is 40.5. The van der Waals surface area contributed by atoms with Crippen molar-refractivity contribution in [3.63, 3.8) is 0 Å². The van der Waals surface area contributed by atoms with E-state index in [4.69, 9.17) is 4.74 Å². The number of ether oxygens (including phenoxy) is 1. The Morgan fingerprint density at radius 2 is 1.81 bits per heavy atom. The molecule has 0 spiro atoms. The number of methoxy groups -OCH3 is 1. The third-order valence-electron chi connectivity index (χ3n) is 5.65. The molecule has 0 aliphatic carbocycles. The Bertz CT molecular complexity index is 1040. The lowest BCUT2D eigenvalue weighted by atomic mass is 10.0. The zero-order chi connectivity index (χ0) is 22.3. The fraction of sp³-hybridized carbons (Fsp3) is 0.348. The minimum absolute atomic E-state index is 0.144. The standard InChI is InChI=1S/C23H25N3O4S/c1-13(19(27)25-14-9-11-15(30-4)12-10-14)24-20(28)18-23(2,3)31-22-17-8-6-5-7-16(17)21(29)26(18)22/h5-13,18,22H,1-4H3,(H,24,28)(H,25,27)/t13-,18+,22+/m0/s1. The van der Waals surface area contributed by atoms with Crippen LogP contribution >= 0.6 is 11.8 Å². The molecule has 0 saturated carbocycles. The van der Waals surface area contributed by atoms with Crippen molar-refractivity contribution < 1.29 is 19.1 Å². The van der Waals surface area contributed by atoms with Gasteiger partial charge in [-0.25, -0.2) is 0 Å². The van der Waals surface area contributed by atoms with Gasteiger partial charge in [-0.3, -0.25) is 14.4 Å². The highest BCUT2D eigenvalue weighted by Gasteiger charge is 2.57. The van der Waals surface area contributed by atoms with Crippen LogP contribution < -0.4 is 15.4 Å². The monoisotopic (exact) mass is 439 g/mol. The van der Waals surface area contributed by atoms with E-state index >= 15 is 0 Å². The smallest absolute Gasteiger partial charge is 0.256 e. The molecule has 3 atom stereocenters. The zero-order valence-electron chi connectivity index (χ0n) is 17.8. The van der Waals surface area contributed by atoms with Gasteiger partial charge in [0.2, 0.25) is 11.8 Å². The molecular weight excluding hydrogens is 414 g/mol. The van der Waals surface area contributed by atoms with Gasteiger partial charge in [0.1, 0.15) is 23.2 Å². The number of anilines is 1. The van der Waals surface area contributed by atoms with Crippen molar-refractivity contribution in [3.8, 4) is 5.75 Å². The summed E-state index contributed by atoms with van der Waals surface area (Å²) < 4.78 is 4.62. The highest BCUT2D eigenvalue weighted by Crippen LogP contribution is 2.56. The molecule has 0 bridgehead atoms. The van der Waals surface area contributed by atoms with Crippen molar-refractivity contribution in [3.05, 3.63) is 59.7 Å². The predicted molar refractivity (Wildman–Crippen MR) is 120 cm³/mol. The molecule has 4 rings (SSSR count). The van der Waals surface area contributed by atoms with Gasteiger partial charge in [0.25, 0.3) is 5.91 Å². The molecule has 1 saturated heterocycles. The molecule has 2 heterocycles. The molecule has 31 heavy (non-hydrogen) atoms. The summed E-state index contributed by atoms with van der Waals surface area (Å²) in [5.41, 5.74) is 2.18. The second kappa shape index (κ2) is 7.92. The van der Waals surface area contributed by atoms with E-state index in [2.05, 4.69) is 10.6 Å². The molecule has 8 heteroatoms. The van der Waals surface area contributed by atoms with E-state index in [1.807, 2.05) is 32.0 Å². The second-order valence-electron chi connectivity index (χ2n) is 8.22. The Balaban J connectivity index is 1.47. The Morgan fingerprint density at radius 1 is 1.13 bits per heavy atom. The maximum absolute atomic E-state index is 13.2. The van der Waals surface area contributed by atoms with E-state index < -0.39 is 16.8 Å². The van der Waals surface area contributed by atoms with E-state index in [0.717, 1.165) is 5.56 Å². The van der Waals surface area contributed by atoms with Crippen LogP contribution in [0.2, 0.25) is 0 Å². The van der Waals surface area contributed by atoms with Crippen LogP contribution in [0.1, 0.15) is 42.1 Å². The zero-order valence-corrected chi connectivity index (χ0v) is 18.7. The Labute approximate surface area is 185 Å². The van der Waals surface area contributed by atoms with E-state index in [1.165, 1.54) is 0 Å². The van der Waals surface area contributed by atoms with Gasteiger partial charge in [-0.05, 0) is 56.7 Å². The third kappa shape index (κ3) is 3.76. The van der Waals surface area contributed by atoms with Gasteiger partial charge in [-0.1, -0.05) is 18.2 Å². The molecule has 7 nitrogen and oxygen atoms in total. The van der Waals surface area contributed by atoms with Crippen molar-refractivity contribution >= 4 is 35.2 Å². The maximum atomic E-state index is 13.2. The maximum Gasteiger partial charge on any atom is 0.256 e. The van der Waals surface area contributed by atoms with Gasteiger partial charge in [0.15, 0.2) is 0 Å². The van der Waals surface area contributed by atoms with Gasteiger partial charge in [-0.2, -0.15) is 0 Å². The molecule has 2 aromatic rings. The molecule has 2 aliphatic rings. The lowest BCUT2D eigenvalue weighted by Crippen LogP contribution is -2.55. The Morgan fingerprint density at radius 3 is 2.48 bits per heavy atom. The van der Waals surface area contributed by atoms with Gasteiger partial charge < -0.3 is 20.3 Å². The Kier molecular flexibility index (Phi) is 5.43. The molecule has 2 aliphatic heterocycles. The molecule has 162 valence electrons. The molecule has 0 aromatic heterocycles. The average molecular weight is 440 g/mol. The topological polar surface area (TPSA) is 87.7 Å².